The van der Waals surface area contributed by atoms with Gasteiger partial charge in [0.2, 0.25) is 5.91 Å². The second-order valence-electron chi connectivity index (χ2n) is 7.55. The van der Waals surface area contributed by atoms with E-state index >= 15 is 0 Å². The first-order valence-corrected chi connectivity index (χ1v) is 9.76. The summed E-state index contributed by atoms with van der Waals surface area (Å²) in [6.45, 7) is 0.516. The lowest BCUT2D eigenvalue weighted by atomic mass is 9.88. The van der Waals surface area contributed by atoms with Crippen LogP contribution in [0, 0.1) is 11.8 Å². The maximum absolute atomic E-state index is 13.3. The number of halogens is 1. The zero-order chi connectivity index (χ0) is 19.0. The van der Waals surface area contributed by atoms with Crippen LogP contribution in [0.25, 0.3) is 0 Å². The molecule has 140 valence electrons. The van der Waals surface area contributed by atoms with Crippen LogP contribution < -0.4 is 0 Å². The molecule has 0 spiro atoms. The summed E-state index contributed by atoms with van der Waals surface area (Å²) >= 11 is 6.17. The summed E-state index contributed by atoms with van der Waals surface area (Å²) < 4.78 is 0. The third kappa shape index (κ3) is 3.59. The van der Waals surface area contributed by atoms with Gasteiger partial charge in [-0.3, -0.25) is 9.59 Å². The number of carbonyl (C=O) groups is 2. The number of aliphatic carboxylic acids is 1. The quantitative estimate of drug-likeness (QED) is 0.850. The molecule has 4 nitrogen and oxygen atoms in total. The van der Waals surface area contributed by atoms with Gasteiger partial charge in [0.1, 0.15) is 0 Å². The maximum Gasteiger partial charge on any atom is 0.306 e. The number of fused-ring (bicyclic) bond motifs is 1. The van der Waals surface area contributed by atoms with Crippen molar-refractivity contribution in [1.82, 2.24) is 4.90 Å². The van der Waals surface area contributed by atoms with Gasteiger partial charge < -0.3 is 10.0 Å². The van der Waals surface area contributed by atoms with Gasteiger partial charge in [0, 0.05) is 17.5 Å². The molecule has 4 rings (SSSR count). The van der Waals surface area contributed by atoms with Crippen LogP contribution in [0.3, 0.4) is 0 Å². The largest absolute Gasteiger partial charge is 0.481 e. The Kier molecular flexibility index (Phi) is 4.92. The molecule has 1 aliphatic carbocycles. The first-order chi connectivity index (χ1) is 13.0. The number of carboxylic acids is 1. The highest BCUT2D eigenvalue weighted by atomic mass is 35.5. The van der Waals surface area contributed by atoms with E-state index < -0.39 is 11.9 Å². The SMILES string of the molecule is O=C(O)[C@@H]1CC[C@H](C(=O)N2Cc3cc(Cl)ccc3CC2c2ccccc2)C1. The van der Waals surface area contributed by atoms with Crippen LogP contribution in [-0.2, 0) is 22.6 Å². The van der Waals surface area contributed by atoms with E-state index in [9.17, 15) is 14.7 Å². The van der Waals surface area contributed by atoms with Crippen LogP contribution >= 0.6 is 11.6 Å². The minimum absolute atomic E-state index is 0.0312. The molecule has 1 heterocycles. The van der Waals surface area contributed by atoms with Gasteiger partial charge in [-0.25, -0.2) is 0 Å². The van der Waals surface area contributed by atoms with Gasteiger partial charge in [-0.05, 0) is 54.5 Å². The molecule has 1 unspecified atom stereocenters. The van der Waals surface area contributed by atoms with Gasteiger partial charge in [0.25, 0.3) is 0 Å². The van der Waals surface area contributed by atoms with Crippen molar-refractivity contribution < 1.29 is 14.7 Å². The lowest BCUT2D eigenvalue weighted by Gasteiger charge is -2.39. The number of benzene rings is 2. The Balaban J connectivity index is 1.65. The fourth-order valence-corrected chi connectivity index (χ4v) is 4.62. The third-order valence-corrected chi connectivity index (χ3v) is 6.13. The Morgan fingerprint density at radius 3 is 2.44 bits per heavy atom. The second-order valence-corrected chi connectivity index (χ2v) is 7.99. The van der Waals surface area contributed by atoms with Crippen molar-refractivity contribution >= 4 is 23.5 Å². The zero-order valence-electron chi connectivity index (χ0n) is 15.0. The van der Waals surface area contributed by atoms with E-state index in [1.165, 1.54) is 5.56 Å². The first kappa shape index (κ1) is 18.1. The molecule has 0 aromatic heterocycles. The Bertz CT molecular complexity index is 867. The number of amides is 1. The highest BCUT2D eigenvalue weighted by Gasteiger charge is 2.39. The van der Waals surface area contributed by atoms with Crippen molar-refractivity contribution in [2.24, 2.45) is 11.8 Å². The molecule has 1 N–H and O–H groups in total. The summed E-state index contributed by atoms with van der Waals surface area (Å²) in [6.07, 6.45) is 2.42. The minimum Gasteiger partial charge on any atom is -0.481 e. The summed E-state index contributed by atoms with van der Waals surface area (Å²) in [5.74, 6) is -1.34. The number of carbonyl (C=O) groups excluding carboxylic acids is 1. The third-order valence-electron chi connectivity index (χ3n) is 5.90. The molecule has 1 amide bonds. The Labute approximate surface area is 163 Å². The fraction of sp³-hybridized carbons (Fsp3) is 0.364. The van der Waals surface area contributed by atoms with Crippen molar-refractivity contribution in [3.05, 3.63) is 70.2 Å². The van der Waals surface area contributed by atoms with Crippen LogP contribution in [0.4, 0.5) is 0 Å². The molecule has 0 radical (unpaired) electrons. The molecule has 3 atom stereocenters. The summed E-state index contributed by atoms with van der Waals surface area (Å²) in [4.78, 5) is 26.6. The van der Waals surface area contributed by atoms with Crippen molar-refractivity contribution in [2.75, 3.05) is 0 Å². The summed E-state index contributed by atoms with van der Waals surface area (Å²) in [6, 6.07) is 15.9. The predicted octanol–water partition coefficient (Wildman–Crippen LogP) is 4.47. The molecule has 0 bridgehead atoms. The number of hydrogen-bond donors (Lipinski definition) is 1. The molecule has 1 saturated carbocycles. The molecule has 1 fully saturated rings. The van der Waals surface area contributed by atoms with Crippen molar-refractivity contribution in [1.29, 1.82) is 0 Å². The molecule has 2 aromatic carbocycles. The average Bonchev–Trinajstić information content (AvgIpc) is 3.17. The van der Waals surface area contributed by atoms with Gasteiger partial charge >= 0.3 is 5.97 Å². The van der Waals surface area contributed by atoms with Crippen LogP contribution in [-0.4, -0.2) is 21.9 Å². The summed E-state index contributed by atoms with van der Waals surface area (Å²) in [7, 11) is 0. The molecule has 1 aliphatic heterocycles. The average molecular weight is 384 g/mol. The number of carboxylic acid groups (broad SMARTS) is 1. The number of rotatable bonds is 3. The monoisotopic (exact) mass is 383 g/mol. The standard InChI is InChI=1S/C22H22ClNO3/c23-19-9-8-15-12-20(14-4-2-1-3-5-14)24(13-18(15)11-19)21(25)16-6-7-17(10-16)22(26)27/h1-5,8-9,11,16-17,20H,6-7,10,12-13H2,(H,26,27)/t16-,17+,20?/m0/s1. The topological polar surface area (TPSA) is 57.6 Å². The molecule has 5 heteroatoms. The van der Waals surface area contributed by atoms with Gasteiger partial charge in [-0.2, -0.15) is 0 Å². The van der Waals surface area contributed by atoms with E-state index in [0.717, 1.165) is 17.5 Å². The Morgan fingerprint density at radius 1 is 1.00 bits per heavy atom. The molecule has 2 aromatic rings. The molecular weight excluding hydrogens is 362 g/mol. The van der Waals surface area contributed by atoms with Crippen LogP contribution in [0.2, 0.25) is 5.02 Å². The van der Waals surface area contributed by atoms with Gasteiger partial charge in [0.15, 0.2) is 0 Å². The van der Waals surface area contributed by atoms with Gasteiger partial charge in [-0.15, -0.1) is 0 Å². The lowest BCUT2D eigenvalue weighted by Crippen LogP contribution is -2.41. The van der Waals surface area contributed by atoms with Gasteiger partial charge in [-0.1, -0.05) is 48.0 Å². The van der Waals surface area contributed by atoms with Crippen molar-refractivity contribution in [3.63, 3.8) is 0 Å². The first-order valence-electron chi connectivity index (χ1n) is 9.38. The minimum atomic E-state index is -0.791. The van der Waals surface area contributed by atoms with E-state index in [4.69, 9.17) is 11.6 Å². The highest BCUT2D eigenvalue weighted by molar-refractivity contribution is 6.30. The van der Waals surface area contributed by atoms with Crippen molar-refractivity contribution in [2.45, 2.75) is 38.3 Å². The smallest absolute Gasteiger partial charge is 0.306 e. The Morgan fingerprint density at radius 2 is 1.74 bits per heavy atom. The van der Waals surface area contributed by atoms with Crippen LogP contribution in [0.1, 0.15) is 42.0 Å². The van der Waals surface area contributed by atoms with E-state index in [-0.39, 0.29) is 17.9 Å². The number of hydrogen-bond acceptors (Lipinski definition) is 2. The maximum atomic E-state index is 13.3. The van der Waals surface area contributed by atoms with E-state index in [0.29, 0.717) is 30.8 Å². The van der Waals surface area contributed by atoms with Crippen molar-refractivity contribution in [3.8, 4) is 0 Å². The lowest BCUT2D eigenvalue weighted by molar-refractivity contribution is -0.142. The molecule has 2 aliphatic rings. The second kappa shape index (κ2) is 7.35. The molecular formula is C22H22ClNO3. The van der Waals surface area contributed by atoms with E-state index in [2.05, 4.69) is 12.1 Å². The normalized spacial score (nSPS) is 24.5. The van der Waals surface area contributed by atoms with E-state index in [1.807, 2.05) is 41.3 Å². The fourth-order valence-electron chi connectivity index (χ4n) is 4.42. The molecule has 27 heavy (non-hydrogen) atoms. The highest BCUT2D eigenvalue weighted by Crippen LogP contribution is 2.39. The zero-order valence-corrected chi connectivity index (χ0v) is 15.7. The van der Waals surface area contributed by atoms with Crippen LogP contribution in [0.15, 0.2) is 48.5 Å². The number of nitrogens with zero attached hydrogens (tertiary/aromatic N) is 1. The Hall–Kier alpha value is -2.33. The summed E-state index contributed by atoms with van der Waals surface area (Å²) in [5.41, 5.74) is 3.40. The molecule has 0 saturated heterocycles. The van der Waals surface area contributed by atoms with Gasteiger partial charge in [0.05, 0.1) is 12.0 Å². The summed E-state index contributed by atoms with van der Waals surface area (Å²) in [5, 5.41) is 9.95. The van der Waals surface area contributed by atoms with Crippen LogP contribution in [0.5, 0.6) is 0 Å². The van der Waals surface area contributed by atoms with E-state index in [1.54, 1.807) is 0 Å². The predicted molar refractivity (Wildman–Crippen MR) is 103 cm³/mol.